The molecule has 2 unspecified atom stereocenters. The van der Waals surface area contributed by atoms with Gasteiger partial charge in [-0.15, -0.1) is 0 Å². The zero-order chi connectivity index (χ0) is 35.3. The summed E-state index contributed by atoms with van der Waals surface area (Å²) < 4.78 is 16.9. The van der Waals surface area contributed by atoms with Crippen LogP contribution in [-0.2, 0) is 23.8 Å². The minimum Gasteiger partial charge on any atom is -0.463 e. The molecule has 0 bridgehead atoms. The van der Waals surface area contributed by atoms with Gasteiger partial charge in [-0.25, -0.2) is 0 Å². The predicted octanol–water partition coefficient (Wildman–Crippen LogP) is 10.7. The van der Waals surface area contributed by atoms with Crippen molar-refractivity contribution in [3.8, 4) is 0 Å². The monoisotopic (exact) mass is 684 g/mol. The van der Waals surface area contributed by atoms with Crippen LogP contribution in [0.15, 0.2) is 0 Å². The zero-order valence-corrected chi connectivity index (χ0v) is 32.4. The van der Waals surface area contributed by atoms with Crippen molar-refractivity contribution in [2.75, 3.05) is 40.0 Å². The van der Waals surface area contributed by atoms with Gasteiger partial charge in [0.1, 0.15) is 12.7 Å². The van der Waals surface area contributed by atoms with Gasteiger partial charge in [0.2, 0.25) is 0 Å². The van der Waals surface area contributed by atoms with E-state index in [0.717, 1.165) is 122 Å². The summed E-state index contributed by atoms with van der Waals surface area (Å²) in [6.45, 7) is 10.0. The van der Waals surface area contributed by atoms with Crippen LogP contribution in [0.5, 0.6) is 0 Å². The topological polar surface area (TPSA) is 85.3 Å². The van der Waals surface area contributed by atoms with Crippen molar-refractivity contribution >= 4 is 11.9 Å². The SMILES string of the molecule is CCCCCCCCC(CCCC)OC(=O)CCCCCCCN(CCO)CCCCCCCC(=O)OCC(CCCCCCC)OC. The maximum absolute atomic E-state index is 12.5. The Hall–Kier alpha value is -1.18. The Bertz CT molecular complexity index is 690. The van der Waals surface area contributed by atoms with Crippen molar-refractivity contribution in [2.45, 2.75) is 213 Å². The van der Waals surface area contributed by atoms with Gasteiger partial charge >= 0.3 is 11.9 Å². The second kappa shape index (κ2) is 37.1. The summed E-state index contributed by atoms with van der Waals surface area (Å²) in [4.78, 5) is 27.0. The maximum atomic E-state index is 12.5. The van der Waals surface area contributed by atoms with Gasteiger partial charge in [-0.05, 0) is 64.5 Å². The molecule has 1 N–H and O–H groups in total. The Balaban J connectivity index is 3.89. The van der Waals surface area contributed by atoms with E-state index in [1.165, 1.54) is 64.2 Å². The number of ether oxygens (including phenoxy) is 3. The Morgan fingerprint density at radius 2 is 0.958 bits per heavy atom. The van der Waals surface area contributed by atoms with E-state index < -0.39 is 0 Å². The van der Waals surface area contributed by atoms with Crippen LogP contribution in [0.3, 0.4) is 0 Å². The third-order valence-electron chi connectivity index (χ3n) is 9.58. The summed E-state index contributed by atoms with van der Waals surface area (Å²) in [7, 11) is 1.70. The summed E-state index contributed by atoms with van der Waals surface area (Å²) in [5.41, 5.74) is 0. The van der Waals surface area contributed by atoms with Gasteiger partial charge in [0, 0.05) is 26.5 Å². The maximum Gasteiger partial charge on any atom is 0.306 e. The molecule has 0 aromatic carbocycles. The van der Waals surface area contributed by atoms with Crippen LogP contribution in [-0.4, -0.2) is 74.1 Å². The molecule has 0 fully saturated rings. The molecule has 0 heterocycles. The molecular weight excluding hydrogens is 602 g/mol. The van der Waals surface area contributed by atoms with Gasteiger partial charge in [-0.3, -0.25) is 9.59 Å². The lowest BCUT2D eigenvalue weighted by atomic mass is 10.0. The molecule has 2 atom stereocenters. The quantitative estimate of drug-likeness (QED) is 0.0512. The molecule has 48 heavy (non-hydrogen) atoms. The summed E-state index contributed by atoms with van der Waals surface area (Å²) >= 11 is 0. The van der Waals surface area contributed by atoms with E-state index in [0.29, 0.717) is 19.4 Å². The van der Waals surface area contributed by atoms with Gasteiger partial charge in [0.15, 0.2) is 0 Å². The molecule has 0 radical (unpaired) electrons. The van der Waals surface area contributed by atoms with Crippen LogP contribution in [0.2, 0.25) is 0 Å². The Morgan fingerprint density at radius 1 is 0.521 bits per heavy atom. The molecule has 0 aromatic rings. The first kappa shape index (κ1) is 46.8. The highest BCUT2D eigenvalue weighted by molar-refractivity contribution is 5.69. The fourth-order valence-corrected chi connectivity index (χ4v) is 6.34. The number of unbranched alkanes of at least 4 members (excludes halogenated alkanes) is 18. The molecule has 0 spiro atoms. The standard InChI is InChI=1S/C41H81NO6/c1-5-8-11-13-17-22-29-38(28-10-7-3)48-41(45)32-25-19-15-21-27-34-42(35-36-43)33-26-20-14-18-24-31-40(44)47-37-39(46-4)30-23-16-12-9-6-2/h38-39,43H,5-37H2,1-4H3. The largest absolute Gasteiger partial charge is 0.463 e. The number of carbonyl (C=O) groups is 2. The second-order valence-electron chi connectivity index (χ2n) is 14.2. The van der Waals surface area contributed by atoms with Gasteiger partial charge in [-0.2, -0.15) is 0 Å². The van der Waals surface area contributed by atoms with Crippen molar-refractivity contribution in [2.24, 2.45) is 0 Å². The molecule has 0 aliphatic rings. The molecule has 286 valence electrons. The average molecular weight is 684 g/mol. The summed E-state index contributed by atoms with van der Waals surface area (Å²) in [5.74, 6) is -0.109. The van der Waals surface area contributed by atoms with Gasteiger partial charge in [0.25, 0.3) is 0 Å². The first-order chi connectivity index (χ1) is 23.5. The van der Waals surface area contributed by atoms with E-state index in [-0.39, 0.29) is 30.8 Å². The Morgan fingerprint density at radius 3 is 1.48 bits per heavy atom. The van der Waals surface area contributed by atoms with Crippen molar-refractivity contribution in [3.05, 3.63) is 0 Å². The highest BCUT2D eigenvalue weighted by atomic mass is 16.6. The fraction of sp³-hybridized carbons (Fsp3) is 0.951. The number of hydrogen-bond donors (Lipinski definition) is 1. The van der Waals surface area contributed by atoms with Crippen molar-refractivity contribution in [1.82, 2.24) is 4.90 Å². The lowest BCUT2D eigenvalue weighted by Crippen LogP contribution is -2.29. The van der Waals surface area contributed by atoms with E-state index in [2.05, 4.69) is 25.7 Å². The summed E-state index contributed by atoms with van der Waals surface area (Å²) in [6.07, 6.45) is 31.0. The number of rotatable bonds is 38. The molecule has 0 amide bonds. The van der Waals surface area contributed by atoms with Crippen LogP contribution in [0.1, 0.15) is 201 Å². The minimum atomic E-state index is -0.105. The summed E-state index contributed by atoms with van der Waals surface area (Å²) in [5, 5.41) is 9.52. The minimum absolute atomic E-state index is 0.00448. The van der Waals surface area contributed by atoms with E-state index in [1.807, 2.05) is 0 Å². The first-order valence-electron chi connectivity index (χ1n) is 20.7. The predicted molar refractivity (Wildman–Crippen MR) is 201 cm³/mol. The highest BCUT2D eigenvalue weighted by Gasteiger charge is 2.14. The van der Waals surface area contributed by atoms with Crippen molar-refractivity contribution < 1.29 is 28.9 Å². The number of methoxy groups -OCH3 is 1. The lowest BCUT2D eigenvalue weighted by Gasteiger charge is -2.21. The molecule has 0 saturated carbocycles. The fourth-order valence-electron chi connectivity index (χ4n) is 6.34. The highest BCUT2D eigenvalue weighted by Crippen LogP contribution is 2.17. The Labute approximate surface area is 298 Å². The first-order valence-corrected chi connectivity index (χ1v) is 20.7. The smallest absolute Gasteiger partial charge is 0.306 e. The lowest BCUT2D eigenvalue weighted by molar-refractivity contribution is -0.150. The number of esters is 2. The number of aliphatic hydroxyl groups excluding tert-OH is 1. The van der Waals surface area contributed by atoms with Gasteiger partial charge in [0.05, 0.1) is 12.7 Å². The normalized spacial score (nSPS) is 12.8. The van der Waals surface area contributed by atoms with E-state index >= 15 is 0 Å². The van der Waals surface area contributed by atoms with Crippen LogP contribution in [0, 0.1) is 0 Å². The van der Waals surface area contributed by atoms with Crippen molar-refractivity contribution in [1.29, 1.82) is 0 Å². The number of hydrogen-bond acceptors (Lipinski definition) is 7. The molecule has 0 aliphatic carbocycles. The third kappa shape index (κ3) is 32.0. The van der Waals surface area contributed by atoms with Crippen LogP contribution in [0.4, 0.5) is 0 Å². The molecule has 7 nitrogen and oxygen atoms in total. The number of carbonyl (C=O) groups excluding carboxylic acids is 2. The number of aliphatic hydroxyl groups is 1. The summed E-state index contributed by atoms with van der Waals surface area (Å²) in [6, 6.07) is 0. The van der Waals surface area contributed by atoms with E-state index in [4.69, 9.17) is 14.2 Å². The average Bonchev–Trinajstić information content (AvgIpc) is 3.08. The van der Waals surface area contributed by atoms with Crippen LogP contribution >= 0.6 is 0 Å². The van der Waals surface area contributed by atoms with E-state index in [1.54, 1.807) is 7.11 Å². The second-order valence-corrected chi connectivity index (χ2v) is 14.2. The van der Waals surface area contributed by atoms with E-state index in [9.17, 15) is 14.7 Å². The Kier molecular flexibility index (Phi) is 36.2. The molecule has 0 saturated heterocycles. The van der Waals surface area contributed by atoms with Crippen molar-refractivity contribution in [3.63, 3.8) is 0 Å². The van der Waals surface area contributed by atoms with Gasteiger partial charge < -0.3 is 24.2 Å². The van der Waals surface area contributed by atoms with Crippen LogP contribution in [0.25, 0.3) is 0 Å². The third-order valence-corrected chi connectivity index (χ3v) is 9.58. The molecule has 0 aliphatic heterocycles. The molecule has 7 heteroatoms. The number of nitrogens with zero attached hydrogens (tertiary/aromatic N) is 1. The zero-order valence-electron chi connectivity index (χ0n) is 32.4. The molecule has 0 aromatic heterocycles. The van der Waals surface area contributed by atoms with Crippen LogP contribution < -0.4 is 0 Å². The molecule has 0 rings (SSSR count). The van der Waals surface area contributed by atoms with Gasteiger partial charge in [-0.1, -0.05) is 136 Å². The molecular formula is C41H81NO6.